The van der Waals surface area contributed by atoms with Crippen molar-refractivity contribution in [3.8, 4) is 5.75 Å². The maximum Gasteiger partial charge on any atom is 0.264 e. The predicted molar refractivity (Wildman–Crippen MR) is 132 cm³/mol. The van der Waals surface area contributed by atoms with Crippen LogP contribution in [0.25, 0.3) is 10.9 Å². The zero-order chi connectivity index (χ0) is 23.7. The van der Waals surface area contributed by atoms with Gasteiger partial charge < -0.3 is 15.0 Å². The first-order chi connectivity index (χ1) is 16.5. The maximum atomic E-state index is 13.4. The molecule has 2 heterocycles. The van der Waals surface area contributed by atoms with E-state index in [-0.39, 0.29) is 16.4 Å². The van der Waals surface area contributed by atoms with Gasteiger partial charge in [-0.3, -0.25) is 9.10 Å². The average Bonchev–Trinajstić information content (AvgIpc) is 3.48. The van der Waals surface area contributed by atoms with E-state index in [0.29, 0.717) is 37.4 Å². The molecular formula is C26H25N3O4S. The summed E-state index contributed by atoms with van der Waals surface area (Å²) in [7, 11) is -2.36. The van der Waals surface area contributed by atoms with Gasteiger partial charge in [0, 0.05) is 30.2 Å². The van der Waals surface area contributed by atoms with E-state index in [1.165, 1.54) is 29.6 Å². The van der Waals surface area contributed by atoms with Crippen LogP contribution in [0.4, 0.5) is 5.69 Å². The van der Waals surface area contributed by atoms with E-state index in [9.17, 15) is 13.2 Å². The van der Waals surface area contributed by atoms with Crippen molar-refractivity contribution in [3.63, 3.8) is 0 Å². The minimum Gasteiger partial charge on any atom is -0.496 e. The molecular weight excluding hydrogens is 450 g/mol. The normalized spacial score (nSPS) is 13.1. The van der Waals surface area contributed by atoms with Crippen LogP contribution in [0.2, 0.25) is 0 Å². The lowest BCUT2D eigenvalue weighted by Gasteiger charge is -2.20. The molecule has 0 unspecified atom stereocenters. The van der Waals surface area contributed by atoms with Crippen LogP contribution in [0, 0.1) is 0 Å². The van der Waals surface area contributed by atoms with Crippen molar-refractivity contribution in [1.82, 2.24) is 10.3 Å². The molecule has 5 rings (SSSR count). The Morgan fingerprint density at radius 3 is 2.74 bits per heavy atom. The number of carbonyl (C=O) groups excluding carboxylic acids is 1. The summed E-state index contributed by atoms with van der Waals surface area (Å²) in [4.78, 5) is 16.3. The van der Waals surface area contributed by atoms with Crippen molar-refractivity contribution < 1.29 is 17.9 Å². The Hall–Kier alpha value is -3.78. The summed E-state index contributed by atoms with van der Waals surface area (Å²) in [6.07, 6.45) is 3.24. The maximum absolute atomic E-state index is 13.4. The number of methoxy groups -OCH3 is 1. The number of ether oxygens (including phenoxy) is 1. The minimum absolute atomic E-state index is 0.0618. The molecule has 0 saturated heterocycles. The van der Waals surface area contributed by atoms with E-state index in [1.807, 2.05) is 54.7 Å². The molecule has 0 atom stereocenters. The first-order valence-electron chi connectivity index (χ1n) is 11.1. The van der Waals surface area contributed by atoms with E-state index < -0.39 is 10.0 Å². The molecule has 0 radical (unpaired) electrons. The SMILES string of the molecule is COc1ccc(S(=O)(=O)N2CCc3ccccc32)cc1C(=O)NCCc1c[nH]c2ccccc12. The molecule has 0 aliphatic carbocycles. The molecule has 0 spiro atoms. The number of para-hydroxylation sites is 2. The number of aromatic nitrogens is 1. The van der Waals surface area contributed by atoms with Crippen molar-refractivity contribution >= 4 is 32.5 Å². The number of nitrogens with one attached hydrogen (secondary N) is 2. The van der Waals surface area contributed by atoms with Crippen molar-refractivity contribution in [3.05, 3.63) is 89.6 Å². The zero-order valence-electron chi connectivity index (χ0n) is 18.7. The summed E-state index contributed by atoms with van der Waals surface area (Å²) in [5, 5.41) is 4.02. The highest BCUT2D eigenvalue weighted by Crippen LogP contribution is 2.34. The number of benzene rings is 3. The number of hydrogen-bond acceptors (Lipinski definition) is 4. The number of hydrogen-bond donors (Lipinski definition) is 2. The van der Waals surface area contributed by atoms with E-state index in [4.69, 9.17) is 4.74 Å². The van der Waals surface area contributed by atoms with Gasteiger partial charge in [-0.1, -0.05) is 36.4 Å². The topological polar surface area (TPSA) is 91.5 Å². The van der Waals surface area contributed by atoms with Crippen LogP contribution < -0.4 is 14.4 Å². The molecule has 1 aromatic heterocycles. The Bertz CT molecular complexity index is 1480. The van der Waals surface area contributed by atoms with Crippen molar-refractivity contribution in [2.75, 3.05) is 24.5 Å². The van der Waals surface area contributed by atoms with Crippen LogP contribution in [0.3, 0.4) is 0 Å². The molecule has 2 N–H and O–H groups in total. The Labute approximate surface area is 198 Å². The number of nitrogens with zero attached hydrogens (tertiary/aromatic N) is 1. The van der Waals surface area contributed by atoms with E-state index in [0.717, 1.165) is 22.0 Å². The first-order valence-corrected chi connectivity index (χ1v) is 12.5. The third-order valence-electron chi connectivity index (χ3n) is 6.20. The molecule has 3 aromatic carbocycles. The number of rotatable bonds is 7. The standard InChI is InChI=1S/C26H25N3O4S/c1-33-25-11-10-20(34(31,32)29-15-13-18-6-2-5-9-24(18)29)16-22(25)26(30)27-14-12-19-17-28-23-8-4-3-7-21(19)23/h2-11,16-17,28H,12-15H2,1H3,(H,27,30). The Balaban J connectivity index is 1.36. The van der Waals surface area contributed by atoms with Crippen molar-refractivity contribution in [1.29, 1.82) is 0 Å². The second-order valence-electron chi connectivity index (χ2n) is 8.18. The molecule has 7 nitrogen and oxygen atoms in total. The lowest BCUT2D eigenvalue weighted by Crippen LogP contribution is -2.30. The van der Waals surface area contributed by atoms with Gasteiger partial charge in [-0.25, -0.2) is 8.42 Å². The van der Waals surface area contributed by atoms with Crippen molar-refractivity contribution in [2.24, 2.45) is 0 Å². The number of aromatic amines is 1. The fraction of sp³-hybridized carbons (Fsp3) is 0.192. The van der Waals surface area contributed by atoms with Crippen LogP contribution >= 0.6 is 0 Å². The fourth-order valence-electron chi connectivity index (χ4n) is 4.45. The summed E-state index contributed by atoms with van der Waals surface area (Å²) in [5.41, 5.74) is 4.02. The van der Waals surface area contributed by atoms with E-state index in [2.05, 4.69) is 10.3 Å². The number of carbonyl (C=O) groups is 1. The molecule has 1 amide bonds. The summed E-state index contributed by atoms with van der Waals surface area (Å²) >= 11 is 0. The molecule has 4 aromatic rings. The summed E-state index contributed by atoms with van der Waals surface area (Å²) < 4.78 is 33.6. The van der Waals surface area contributed by atoms with Gasteiger partial charge in [0.25, 0.3) is 15.9 Å². The quantitative estimate of drug-likeness (QED) is 0.424. The molecule has 1 aliphatic heterocycles. The largest absolute Gasteiger partial charge is 0.496 e. The van der Waals surface area contributed by atoms with Crippen LogP contribution in [0.1, 0.15) is 21.5 Å². The lowest BCUT2D eigenvalue weighted by atomic mass is 10.1. The smallest absolute Gasteiger partial charge is 0.264 e. The van der Waals surface area contributed by atoms with Crippen LogP contribution in [0.15, 0.2) is 77.8 Å². The third-order valence-corrected chi connectivity index (χ3v) is 8.01. The van der Waals surface area contributed by atoms with Gasteiger partial charge in [0.15, 0.2) is 0 Å². The van der Waals surface area contributed by atoms with Gasteiger partial charge in [0.05, 0.1) is 23.3 Å². The highest BCUT2D eigenvalue weighted by Gasteiger charge is 2.31. The van der Waals surface area contributed by atoms with Gasteiger partial charge >= 0.3 is 0 Å². The summed E-state index contributed by atoms with van der Waals surface area (Å²) in [6.45, 7) is 0.778. The van der Waals surface area contributed by atoms with Gasteiger partial charge in [-0.15, -0.1) is 0 Å². The second-order valence-corrected chi connectivity index (χ2v) is 10.0. The molecule has 8 heteroatoms. The van der Waals surface area contributed by atoms with Crippen LogP contribution in [-0.4, -0.2) is 39.5 Å². The lowest BCUT2D eigenvalue weighted by molar-refractivity contribution is 0.0951. The van der Waals surface area contributed by atoms with Gasteiger partial charge in [-0.05, 0) is 54.3 Å². The number of sulfonamides is 1. The highest BCUT2D eigenvalue weighted by atomic mass is 32.2. The van der Waals surface area contributed by atoms with Crippen LogP contribution in [-0.2, 0) is 22.9 Å². The molecule has 1 aliphatic rings. The molecule has 34 heavy (non-hydrogen) atoms. The summed E-state index contributed by atoms with van der Waals surface area (Å²) in [5.74, 6) is -0.0547. The number of amides is 1. The van der Waals surface area contributed by atoms with Crippen molar-refractivity contribution in [2.45, 2.75) is 17.7 Å². The molecule has 0 bridgehead atoms. The molecule has 0 fully saturated rings. The number of H-pyrrole nitrogens is 1. The summed E-state index contributed by atoms with van der Waals surface area (Å²) in [6, 6.07) is 19.9. The highest BCUT2D eigenvalue weighted by molar-refractivity contribution is 7.92. The molecule has 0 saturated carbocycles. The van der Waals surface area contributed by atoms with Gasteiger partial charge in [-0.2, -0.15) is 0 Å². The van der Waals surface area contributed by atoms with Crippen LogP contribution in [0.5, 0.6) is 5.75 Å². The Kier molecular flexibility index (Phi) is 5.75. The van der Waals surface area contributed by atoms with Gasteiger partial charge in [0.2, 0.25) is 0 Å². The van der Waals surface area contributed by atoms with E-state index in [1.54, 1.807) is 0 Å². The fourth-order valence-corrected chi connectivity index (χ4v) is 5.98. The minimum atomic E-state index is -3.82. The Morgan fingerprint density at radius 2 is 1.88 bits per heavy atom. The average molecular weight is 476 g/mol. The predicted octanol–water partition coefficient (Wildman–Crippen LogP) is 3.90. The monoisotopic (exact) mass is 475 g/mol. The number of fused-ring (bicyclic) bond motifs is 2. The van der Waals surface area contributed by atoms with E-state index >= 15 is 0 Å². The molecule has 174 valence electrons. The second kappa shape index (κ2) is 8.87. The first kappa shape index (κ1) is 22.0. The Morgan fingerprint density at radius 1 is 1.09 bits per heavy atom. The zero-order valence-corrected chi connectivity index (χ0v) is 19.6. The van der Waals surface area contributed by atoms with Gasteiger partial charge in [0.1, 0.15) is 5.75 Å². The number of anilines is 1. The third kappa shape index (κ3) is 3.90.